The number of hydrogen-bond donors (Lipinski definition) is 0. The Labute approximate surface area is 195 Å². The fourth-order valence-electron chi connectivity index (χ4n) is 4.20. The zero-order valence-corrected chi connectivity index (χ0v) is 19.2. The van der Waals surface area contributed by atoms with E-state index in [2.05, 4.69) is 20.2 Å². The Morgan fingerprint density at radius 3 is 2.38 bits per heavy atom. The molecule has 1 saturated heterocycles. The standard InChI is InChI=1S/C24H24N6O4/c1-15-13-16(2)30(27-15)21-8-7-20(25-26-21)28-9-11-29(12-10-28)23(31)18-14-17-5-4-6-19(33-3)22(17)34-24(18)32/h4-8,13-14H,9-12H2,1-3H3. The highest BCUT2D eigenvalue weighted by molar-refractivity contribution is 5.97. The summed E-state index contributed by atoms with van der Waals surface area (Å²) in [4.78, 5) is 29.3. The summed E-state index contributed by atoms with van der Waals surface area (Å²) in [5, 5.41) is 13.7. The fourth-order valence-corrected chi connectivity index (χ4v) is 4.20. The van der Waals surface area contributed by atoms with Gasteiger partial charge in [0.25, 0.3) is 5.91 Å². The predicted octanol–water partition coefficient (Wildman–Crippen LogP) is 2.36. The van der Waals surface area contributed by atoms with Crippen LogP contribution < -0.4 is 15.3 Å². The lowest BCUT2D eigenvalue weighted by molar-refractivity contribution is 0.0742. The van der Waals surface area contributed by atoms with E-state index < -0.39 is 5.63 Å². The maximum atomic E-state index is 13.1. The van der Waals surface area contributed by atoms with Gasteiger partial charge in [0.1, 0.15) is 5.56 Å². The molecule has 10 heteroatoms. The molecule has 0 saturated carbocycles. The minimum Gasteiger partial charge on any atom is -0.493 e. The lowest BCUT2D eigenvalue weighted by Gasteiger charge is -2.35. The van der Waals surface area contributed by atoms with Crippen LogP contribution in [0.15, 0.2) is 51.7 Å². The van der Waals surface area contributed by atoms with Gasteiger partial charge in [0.05, 0.1) is 12.8 Å². The molecule has 4 aromatic rings. The predicted molar refractivity (Wildman–Crippen MR) is 126 cm³/mol. The van der Waals surface area contributed by atoms with E-state index >= 15 is 0 Å². The zero-order valence-electron chi connectivity index (χ0n) is 19.2. The van der Waals surface area contributed by atoms with Crippen molar-refractivity contribution in [1.29, 1.82) is 0 Å². The SMILES string of the molecule is COc1cccc2cc(C(=O)N3CCN(c4ccc(-n5nc(C)cc5C)nn4)CC3)c(=O)oc12. The van der Waals surface area contributed by atoms with Crippen molar-refractivity contribution < 1.29 is 13.9 Å². The molecule has 0 unspecified atom stereocenters. The third-order valence-electron chi connectivity index (χ3n) is 5.93. The van der Waals surface area contributed by atoms with Crippen molar-refractivity contribution >= 4 is 22.7 Å². The summed E-state index contributed by atoms with van der Waals surface area (Å²) in [6, 6.07) is 12.6. The molecule has 0 atom stereocenters. The summed E-state index contributed by atoms with van der Waals surface area (Å²) in [6.07, 6.45) is 0. The van der Waals surface area contributed by atoms with Crippen LogP contribution in [0.3, 0.4) is 0 Å². The molecule has 1 fully saturated rings. The number of carbonyl (C=O) groups is 1. The summed E-state index contributed by atoms with van der Waals surface area (Å²) in [7, 11) is 1.50. The van der Waals surface area contributed by atoms with Gasteiger partial charge in [-0.1, -0.05) is 12.1 Å². The van der Waals surface area contributed by atoms with Gasteiger partial charge in [-0.25, -0.2) is 9.48 Å². The summed E-state index contributed by atoms with van der Waals surface area (Å²) >= 11 is 0. The zero-order chi connectivity index (χ0) is 23.8. The molecule has 10 nitrogen and oxygen atoms in total. The van der Waals surface area contributed by atoms with E-state index in [1.807, 2.05) is 32.0 Å². The number of aryl methyl sites for hydroxylation is 2. The number of benzene rings is 1. The number of anilines is 1. The molecule has 1 amide bonds. The number of ether oxygens (including phenoxy) is 1. The van der Waals surface area contributed by atoms with Crippen molar-refractivity contribution in [2.45, 2.75) is 13.8 Å². The molecule has 34 heavy (non-hydrogen) atoms. The number of para-hydroxylation sites is 1. The normalized spacial score (nSPS) is 14.0. The molecule has 174 valence electrons. The van der Waals surface area contributed by atoms with E-state index in [4.69, 9.17) is 9.15 Å². The van der Waals surface area contributed by atoms with Crippen LogP contribution in [0.2, 0.25) is 0 Å². The van der Waals surface area contributed by atoms with E-state index in [1.54, 1.807) is 33.8 Å². The maximum absolute atomic E-state index is 13.1. The number of nitrogens with zero attached hydrogens (tertiary/aromatic N) is 6. The van der Waals surface area contributed by atoms with Crippen LogP contribution in [0.25, 0.3) is 16.8 Å². The van der Waals surface area contributed by atoms with Crippen molar-refractivity contribution in [3.05, 3.63) is 69.8 Å². The molecule has 0 radical (unpaired) electrons. The quantitative estimate of drug-likeness (QED) is 0.427. The molecule has 0 spiro atoms. The van der Waals surface area contributed by atoms with Gasteiger partial charge in [0, 0.05) is 37.3 Å². The molecular weight excluding hydrogens is 436 g/mol. The first-order valence-electron chi connectivity index (χ1n) is 11.0. The summed E-state index contributed by atoms with van der Waals surface area (Å²) in [5.74, 6) is 1.49. The number of rotatable bonds is 4. The van der Waals surface area contributed by atoms with Crippen LogP contribution in [-0.4, -0.2) is 64.1 Å². The highest BCUT2D eigenvalue weighted by Gasteiger charge is 2.26. The lowest BCUT2D eigenvalue weighted by atomic mass is 10.1. The average molecular weight is 460 g/mol. The van der Waals surface area contributed by atoms with Gasteiger partial charge in [0.15, 0.2) is 23.0 Å². The van der Waals surface area contributed by atoms with Gasteiger partial charge >= 0.3 is 5.63 Å². The second-order valence-corrected chi connectivity index (χ2v) is 8.19. The molecule has 0 bridgehead atoms. The monoisotopic (exact) mass is 460 g/mol. The third-order valence-corrected chi connectivity index (χ3v) is 5.93. The highest BCUT2D eigenvalue weighted by atomic mass is 16.5. The first kappa shape index (κ1) is 21.6. The van der Waals surface area contributed by atoms with Gasteiger partial charge < -0.3 is 19.0 Å². The Morgan fingerprint density at radius 1 is 1.00 bits per heavy atom. The number of methoxy groups -OCH3 is 1. The molecule has 1 aliphatic rings. The Kier molecular flexibility index (Phi) is 5.48. The smallest absolute Gasteiger partial charge is 0.349 e. The van der Waals surface area contributed by atoms with E-state index in [1.165, 1.54) is 7.11 Å². The number of fused-ring (bicyclic) bond motifs is 1. The van der Waals surface area contributed by atoms with Crippen LogP contribution in [0, 0.1) is 13.8 Å². The molecule has 0 aliphatic carbocycles. The lowest BCUT2D eigenvalue weighted by Crippen LogP contribution is -2.49. The molecule has 1 aromatic carbocycles. The Bertz CT molecular complexity index is 1420. The number of amides is 1. The van der Waals surface area contributed by atoms with E-state index in [9.17, 15) is 9.59 Å². The van der Waals surface area contributed by atoms with Gasteiger partial charge in [-0.05, 0) is 44.2 Å². The number of aromatic nitrogens is 4. The first-order chi connectivity index (χ1) is 16.4. The first-order valence-corrected chi connectivity index (χ1v) is 11.0. The largest absolute Gasteiger partial charge is 0.493 e. The van der Waals surface area contributed by atoms with Gasteiger partial charge in [0.2, 0.25) is 0 Å². The molecule has 5 rings (SSSR count). The van der Waals surface area contributed by atoms with Crippen LogP contribution in [0.5, 0.6) is 5.75 Å². The summed E-state index contributed by atoms with van der Waals surface area (Å²) in [6.45, 7) is 5.96. The molecule has 4 heterocycles. The van der Waals surface area contributed by atoms with Crippen molar-refractivity contribution in [2.24, 2.45) is 0 Å². The van der Waals surface area contributed by atoms with Crippen LogP contribution in [0.1, 0.15) is 21.7 Å². The van der Waals surface area contributed by atoms with E-state index in [-0.39, 0.29) is 11.5 Å². The number of hydrogen-bond acceptors (Lipinski definition) is 8. The minimum atomic E-state index is -0.671. The second-order valence-electron chi connectivity index (χ2n) is 8.19. The summed E-state index contributed by atoms with van der Waals surface area (Å²) < 4.78 is 12.4. The third kappa shape index (κ3) is 3.87. The molecular formula is C24H24N6O4. The topological polar surface area (TPSA) is 107 Å². The van der Waals surface area contributed by atoms with Crippen molar-refractivity contribution in [3.63, 3.8) is 0 Å². The van der Waals surface area contributed by atoms with Crippen LogP contribution in [0.4, 0.5) is 5.82 Å². The van der Waals surface area contributed by atoms with E-state index in [0.717, 1.165) is 17.2 Å². The molecule has 0 N–H and O–H groups in total. The number of piperazine rings is 1. The van der Waals surface area contributed by atoms with Crippen LogP contribution >= 0.6 is 0 Å². The Morgan fingerprint density at radius 2 is 1.74 bits per heavy atom. The van der Waals surface area contributed by atoms with Gasteiger partial charge in [-0.3, -0.25) is 4.79 Å². The summed E-state index contributed by atoms with van der Waals surface area (Å²) in [5.41, 5.74) is 1.59. The average Bonchev–Trinajstić information content (AvgIpc) is 3.20. The molecule has 1 aliphatic heterocycles. The van der Waals surface area contributed by atoms with Gasteiger partial charge in [-0.2, -0.15) is 5.10 Å². The second kappa shape index (κ2) is 8.62. The highest BCUT2D eigenvalue weighted by Crippen LogP contribution is 2.25. The fraction of sp³-hybridized carbons (Fsp3) is 0.292. The minimum absolute atomic E-state index is 0.0169. The van der Waals surface area contributed by atoms with Crippen molar-refractivity contribution in [2.75, 3.05) is 38.2 Å². The van der Waals surface area contributed by atoms with Crippen LogP contribution in [-0.2, 0) is 0 Å². The van der Waals surface area contributed by atoms with Gasteiger partial charge in [-0.15, -0.1) is 10.2 Å². The number of carbonyl (C=O) groups excluding carboxylic acids is 1. The Hall–Kier alpha value is -4.21. The van der Waals surface area contributed by atoms with Crippen molar-refractivity contribution in [1.82, 2.24) is 24.9 Å². The van der Waals surface area contributed by atoms with Crippen molar-refractivity contribution in [3.8, 4) is 11.6 Å². The molecule has 3 aromatic heterocycles. The maximum Gasteiger partial charge on any atom is 0.349 e. The Balaban J connectivity index is 1.29. The van der Waals surface area contributed by atoms with E-state index in [0.29, 0.717) is 48.7 Å².